The molecule has 0 spiro atoms. The van der Waals surface area contributed by atoms with E-state index < -0.39 is 11.9 Å². The van der Waals surface area contributed by atoms with Crippen LogP contribution in [0.4, 0.5) is 0 Å². The second-order valence-corrected chi connectivity index (χ2v) is 7.75. The van der Waals surface area contributed by atoms with Crippen molar-refractivity contribution in [2.75, 3.05) is 6.54 Å². The Hall–Kier alpha value is -2.63. The Morgan fingerprint density at radius 2 is 1.76 bits per heavy atom. The maximum atomic E-state index is 12.1. The van der Waals surface area contributed by atoms with Gasteiger partial charge in [-0.2, -0.15) is 0 Å². The molecule has 6 heteroatoms. The van der Waals surface area contributed by atoms with E-state index in [1.165, 1.54) is 44.6 Å². The molecule has 29 heavy (non-hydrogen) atoms. The van der Waals surface area contributed by atoms with Gasteiger partial charge in [-0.15, -0.1) is 0 Å². The standard InChI is InChI=1S/C23H33N3O3/c24-23(29)20(17-22(28)25-16-15-19-11-6-3-7-12-19)26-21(27)14-8-13-18-9-4-1-2-5-10-18/h3,6-8,11-12,14,18,20H,1-2,4-5,9-10,13,15-17H2,(H2,24,29)(H,25,28)(H,26,27)/b14-8+/t20-/m1/s1. The number of nitrogens with one attached hydrogen (secondary N) is 2. The van der Waals surface area contributed by atoms with E-state index in [1.54, 1.807) is 0 Å². The van der Waals surface area contributed by atoms with Crippen LogP contribution in [0.1, 0.15) is 56.9 Å². The summed E-state index contributed by atoms with van der Waals surface area (Å²) in [5, 5.41) is 5.31. The molecule has 1 aliphatic carbocycles. The number of hydrogen-bond donors (Lipinski definition) is 3. The van der Waals surface area contributed by atoms with E-state index in [-0.39, 0.29) is 18.2 Å². The smallest absolute Gasteiger partial charge is 0.244 e. The van der Waals surface area contributed by atoms with Crippen LogP contribution in [-0.2, 0) is 20.8 Å². The molecular formula is C23H33N3O3. The third kappa shape index (κ3) is 9.41. The number of carbonyl (C=O) groups excluding carboxylic acids is 3. The zero-order valence-electron chi connectivity index (χ0n) is 17.1. The number of nitrogens with two attached hydrogens (primary N) is 1. The molecule has 1 saturated carbocycles. The van der Waals surface area contributed by atoms with E-state index in [9.17, 15) is 14.4 Å². The Bertz CT molecular complexity index is 680. The van der Waals surface area contributed by atoms with Crippen molar-refractivity contribution in [3.05, 3.63) is 48.0 Å². The predicted octanol–water partition coefficient (Wildman–Crippen LogP) is 2.62. The second kappa shape index (κ2) is 12.8. The summed E-state index contributed by atoms with van der Waals surface area (Å²) >= 11 is 0. The Morgan fingerprint density at radius 3 is 2.41 bits per heavy atom. The Kier molecular flexibility index (Phi) is 9.96. The fourth-order valence-corrected chi connectivity index (χ4v) is 3.66. The number of benzene rings is 1. The van der Waals surface area contributed by atoms with Crippen LogP contribution < -0.4 is 16.4 Å². The highest BCUT2D eigenvalue weighted by Gasteiger charge is 2.20. The fourth-order valence-electron chi connectivity index (χ4n) is 3.66. The maximum absolute atomic E-state index is 12.1. The van der Waals surface area contributed by atoms with Crippen LogP contribution in [0, 0.1) is 5.92 Å². The average molecular weight is 400 g/mol. The minimum atomic E-state index is -1.01. The highest BCUT2D eigenvalue weighted by molar-refractivity contribution is 5.94. The number of allylic oxidation sites excluding steroid dienone is 1. The quantitative estimate of drug-likeness (QED) is 0.416. The van der Waals surface area contributed by atoms with Crippen LogP contribution >= 0.6 is 0 Å². The van der Waals surface area contributed by atoms with Crippen LogP contribution in [0.15, 0.2) is 42.5 Å². The van der Waals surface area contributed by atoms with Gasteiger partial charge >= 0.3 is 0 Å². The third-order valence-corrected chi connectivity index (χ3v) is 5.34. The van der Waals surface area contributed by atoms with Crippen molar-refractivity contribution in [3.8, 4) is 0 Å². The van der Waals surface area contributed by atoms with Gasteiger partial charge in [0.15, 0.2) is 0 Å². The van der Waals surface area contributed by atoms with Gasteiger partial charge in [0.05, 0.1) is 6.42 Å². The van der Waals surface area contributed by atoms with Crippen LogP contribution in [0.5, 0.6) is 0 Å². The normalized spacial score (nSPS) is 16.1. The molecule has 0 saturated heterocycles. The Labute approximate surface area is 173 Å². The molecule has 0 radical (unpaired) electrons. The predicted molar refractivity (Wildman–Crippen MR) is 114 cm³/mol. The monoisotopic (exact) mass is 399 g/mol. The lowest BCUT2D eigenvalue weighted by Gasteiger charge is -2.14. The number of rotatable bonds is 10. The van der Waals surface area contributed by atoms with E-state index >= 15 is 0 Å². The van der Waals surface area contributed by atoms with E-state index in [2.05, 4.69) is 10.6 Å². The summed E-state index contributed by atoms with van der Waals surface area (Å²) in [6.07, 6.45) is 12.3. The summed E-state index contributed by atoms with van der Waals surface area (Å²) < 4.78 is 0. The van der Waals surface area contributed by atoms with Gasteiger partial charge in [-0.05, 0) is 30.4 Å². The lowest BCUT2D eigenvalue weighted by atomic mass is 9.96. The van der Waals surface area contributed by atoms with Gasteiger partial charge in [-0.1, -0.05) is 74.9 Å². The Balaban J connectivity index is 1.71. The molecule has 1 aromatic rings. The SMILES string of the molecule is NC(=O)[C@@H](CC(=O)NCCc1ccccc1)NC(=O)/C=C/CC1CCCCCC1. The van der Waals surface area contributed by atoms with E-state index in [4.69, 9.17) is 5.73 Å². The van der Waals surface area contributed by atoms with E-state index in [0.29, 0.717) is 18.9 Å². The first-order valence-electron chi connectivity index (χ1n) is 10.6. The molecule has 6 nitrogen and oxygen atoms in total. The van der Waals surface area contributed by atoms with Gasteiger partial charge in [0, 0.05) is 6.54 Å². The molecule has 1 atom stereocenters. The minimum absolute atomic E-state index is 0.160. The van der Waals surface area contributed by atoms with Crippen LogP contribution in [-0.4, -0.2) is 30.3 Å². The number of hydrogen-bond acceptors (Lipinski definition) is 3. The van der Waals surface area contributed by atoms with Crippen molar-refractivity contribution in [3.63, 3.8) is 0 Å². The summed E-state index contributed by atoms with van der Waals surface area (Å²) in [6.45, 7) is 0.462. The van der Waals surface area contributed by atoms with Crippen molar-refractivity contribution in [1.29, 1.82) is 0 Å². The largest absolute Gasteiger partial charge is 0.368 e. The summed E-state index contributed by atoms with van der Waals surface area (Å²) in [5.74, 6) is -0.787. The van der Waals surface area contributed by atoms with Gasteiger partial charge in [-0.25, -0.2) is 0 Å². The summed E-state index contributed by atoms with van der Waals surface area (Å²) in [7, 11) is 0. The first-order chi connectivity index (χ1) is 14.0. The highest BCUT2D eigenvalue weighted by Crippen LogP contribution is 2.25. The lowest BCUT2D eigenvalue weighted by molar-refractivity contribution is -0.129. The van der Waals surface area contributed by atoms with Crippen molar-refractivity contribution < 1.29 is 14.4 Å². The topological polar surface area (TPSA) is 101 Å². The number of amides is 3. The molecule has 0 unspecified atom stereocenters. The van der Waals surface area contributed by atoms with E-state index in [1.807, 2.05) is 36.4 Å². The second-order valence-electron chi connectivity index (χ2n) is 7.75. The zero-order chi connectivity index (χ0) is 20.9. The molecular weight excluding hydrogens is 366 g/mol. The van der Waals surface area contributed by atoms with Crippen molar-refractivity contribution in [2.24, 2.45) is 11.7 Å². The first kappa shape index (κ1) is 22.7. The molecule has 1 fully saturated rings. The number of carbonyl (C=O) groups is 3. The highest BCUT2D eigenvalue weighted by atomic mass is 16.2. The minimum Gasteiger partial charge on any atom is -0.368 e. The maximum Gasteiger partial charge on any atom is 0.244 e. The first-order valence-corrected chi connectivity index (χ1v) is 10.6. The molecule has 4 N–H and O–H groups in total. The lowest BCUT2D eigenvalue weighted by Crippen LogP contribution is -2.46. The molecule has 2 rings (SSSR count). The molecule has 158 valence electrons. The summed E-state index contributed by atoms with van der Waals surface area (Å²) in [5.41, 5.74) is 6.48. The van der Waals surface area contributed by atoms with Crippen molar-refractivity contribution in [2.45, 2.75) is 63.8 Å². The van der Waals surface area contributed by atoms with Gasteiger partial charge in [0.2, 0.25) is 17.7 Å². The third-order valence-electron chi connectivity index (χ3n) is 5.34. The van der Waals surface area contributed by atoms with E-state index in [0.717, 1.165) is 12.0 Å². The zero-order valence-corrected chi connectivity index (χ0v) is 17.1. The molecule has 0 heterocycles. The van der Waals surface area contributed by atoms with Crippen molar-refractivity contribution in [1.82, 2.24) is 10.6 Å². The Morgan fingerprint density at radius 1 is 1.07 bits per heavy atom. The molecule has 3 amide bonds. The number of primary amides is 1. The van der Waals surface area contributed by atoms with Crippen LogP contribution in [0.2, 0.25) is 0 Å². The van der Waals surface area contributed by atoms with Gasteiger partial charge in [-0.3, -0.25) is 14.4 Å². The summed E-state index contributed by atoms with van der Waals surface area (Å²) in [4.78, 5) is 35.8. The molecule has 1 aromatic carbocycles. The van der Waals surface area contributed by atoms with Crippen LogP contribution in [0.25, 0.3) is 0 Å². The molecule has 1 aliphatic rings. The van der Waals surface area contributed by atoms with Crippen LogP contribution in [0.3, 0.4) is 0 Å². The molecule has 0 aliphatic heterocycles. The molecule has 0 aromatic heterocycles. The average Bonchev–Trinajstić information content (AvgIpc) is 2.97. The van der Waals surface area contributed by atoms with Gasteiger partial charge in [0.1, 0.15) is 6.04 Å². The molecule has 0 bridgehead atoms. The fraction of sp³-hybridized carbons (Fsp3) is 0.522. The van der Waals surface area contributed by atoms with Gasteiger partial charge in [0.25, 0.3) is 0 Å². The summed E-state index contributed by atoms with van der Waals surface area (Å²) in [6, 6.07) is 8.78. The van der Waals surface area contributed by atoms with Crippen molar-refractivity contribution >= 4 is 17.7 Å². The van der Waals surface area contributed by atoms with Gasteiger partial charge < -0.3 is 16.4 Å².